The molecule has 2 saturated heterocycles. The Balaban J connectivity index is 1.49. The fourth-order valence-corrected chi connectivity index (χ4v) is 2.82. The van der Waals surface area contributed by atoms with E-state index in [2.05, 4.69) is 10.3 Å². The number of piperidine rings is 1. The predicted octanol–water partition coefficient (Wildman–Crippen LogP) is 0.730. The van der Waals surface area contributed by atoms with Crippen molar-refractivity contribution in [1.29, 1.82) is 0 Å². The molecule has 2 aliphatic rings. The molecule has 2 fully saturated rings. The summed E-state index contributed by atoms with van der Waals surface area (Å²) in [5, 5.41) is 2.73. The maximum atomic E-state index is 12.3. The van der Waals surface area contributed by atoms with Crippen LogP contribution in [0.3, 0.4) is 0 Å². The maximum Gasteiger partial charge on any atom is 0.245 e. The zero-order chi connectivity index (χ0) is 14.7. The molecular weight excluding hydrogens is 270 g/mol. The van der Waals surface area contributed by atoms with Crippen molar-refractivity contribution in [3.8, 4) is 5.75 Å². The van der Waals surface area contributed by atoms with E-state index in [0.717, 1.165) is 18.6 Å². The minimum Gasteiger partial charge on any atom is -0.490 e. The fourth-order valence-electron chi connectivity index (χ4n) is 2.82. The molecule has 0 bridgehead atoms. The van der Waals surface area contributed by atoms with Crippen LogP contribution >= 0.6 is 0 Å². The molecule has 0 radical (unpaired) electrons. The summed E-state index contributed by atoms with van der Waals surface area (Å²) < 4.78 is 5.88. The SMILES string of the molecule is O=C1CCC(C(=O)N2CCC(Oc3ccncc3)CC2)N1. The number of likely N-dealkylation sites (tertiary alicyclic amines) is 1. The van der Waals surface area contributed by atoms with Crippen molar-refractivity contribution in [2.24, 2.45) is 0 Å². The molecule has 3 rings (SSSR count). The number of aromatic nitrogens is 1. The summed E-state index contributed by atoms with van der Waals surface area (Å²) in [5.74, 6) is 0.838. The molecule has 1 N–H and O–H groups in total. The van der Waals surface area contributed by atoms with Gasteiger partial charge >= 0.3 is 0 Å². The van der Waals surface area contributed by atoms with Crippen LogP contribution in [0.2, 0.25) is 0 Å². The Kier molecular flexibility index (Phi) is 4.03. The number of pyridine rings is 1. The van der Waals surface area contributed by atoms with E-state index >= 15 is 0 Å². The molecule has 1 aromatic rings. The third-order valence-corrected chi connectivity index (χ3v) is 4.00. The molecule has 2 amide bonds. The number of carbonyl (C=O) groups is 2. The van der Waals surface area contributed by atoms with Gasteiger partial charge in [-0.1, -0.05) is 0 Å². The van der Waals surface area contributed by atoms with Gasteiger partial charge in [0.2, 0.25) is 11.8 Å². The van der Waals surface area contributed by atoms with Gasteiger partial charge in [0.05, 0.1) is 0 Å². The van der Waals surface area contributed by atoms with Crippen LogP contribution in [0.25, 0.3) is 0 Å². The van der Waals surface area contributed by atoms with Gasteiger partial charge in [-0.25, -0.2) is 0 Å². The number of nitrogens with zero attached hydrogens (tertiary/aromatic N) is 2. The van der Waals surface area contributed by atoms with E-state index in [1.807, 2.05) is 17.0 Å². The number of amides is 2. The van der Waals surface area contributed by atoms with E-state index < -0.39 is 0 Å². The highest BCUT2D eigenvalue weighted by Gasteiger charge is 2.32. The van der Waals surface area contributed by atoms with Crippen LogP contribution in [-0.4, -0.2) is 46.9 Å². The largest absolute Gasteiger partial charge is 0.490 e. The smallest absolute Gasteiger partial charge is 0.245 e. The van der Waals surface area contributed by atoms with Crippen LogP contribution < -0.4 is 10.1 Å². The van der Waals surface area contributed by atoms with Crippen LogP contribution in [0, 0.1) is 0 Å². The van der Waals surface area contributed by atoms with Gasteiger partial charge in [0.1, 0.15) is 17.9 Å². The second kappa shape index (κ2) is 6.11. The van der Waals surface area contributed by atoms with Crippen molar-refractivity contribution in [3.63, 3.8) is 0 Å². The lowest BCUT2D eigenvalue weighted by Crippen LogP contribution is -2.49. The van der Waals surface area contributed by atoms with Gasteiger partial charge in [-0.05, 0) is 18.6 Å². The molecule has 1 atom stereocenters. The Bertz CT molecular complexity index is 512. The van der Waals surface area contributed by atoms with Gasteiger partial charge in [-0.2, -0.15) is 0 Å². The molecule has 0 spiro atoms. The van der Waals surface area contributed by atoms with Gasteiger partial charge in [0.25, 0.3) is 0 Å². The molecule has 21 heavy (non-hydrogen) atoms. The first-order valence-electron chi connectivity index (χ1n) is 7.37. The molecular formula is C15H19N3O3. The molecule has 1 aromatic heterocycles. The van der Waals surface area contributed by atoms with E-state index in [0.29, 0.717) is 25.9 Å². The lowest BCUT2D eigenvalue weighted by atomic mass is 10.1. The van der Waals surface area contributed by atoms with Gasteiger partial charge < -0.3 is 15.0 Å². The molecule has 1 unspecified atom stereocenters. The van der Waals surface area contributed by atoms with Crippen LogP contribution in [-0.2, 0) is 9.59 Å². The average molecular weight is 289 g/mol. The quantitative estimate of drug-likeness (QED) is 0.890. The molecule has 3 heterocycles. The van der Waals surface area contributed by atoms with Gasteiger partial charge in [-0.15, -0.1) is 0 Å². The first-order valence-corrected chi connectivity index (χ1v) is 7.37. The van der Waals surface area contributed by atoms with Gasteiger partial charge in [0.15, 0.2) is 0 Å². The topological polar surface area (TPSA) is 71.5 Å². The Morgan fingerprint density at radius 3 is 2.57 bits per heavy atom. The molecule has 0 aromatic carbocycles. The van der Waals surface area contributed by atoms with Crippen molar-refractivity contribution in [2.45, 2.75) is 37.8 Å². The Hall–Kier alpha value is -2.11. The number of ether oxygens (including phenoxy) is 1. The van der Waals surface area contributed by atoms with E-state index in [-0.39, 0.29) is 24.0 Å². The minimum absolute atomic E-state index is 0.0238. The number of hydrogen-bond acceptors (Lipinski definition) is 4. The van der Waals surface area contributed by atoms with E-state index in [9.17, 15) is 9.59 Å². The molecule has 6 nitrogen and oxygen atoms in total. The highest BCUT2D eigenvalue weighted by Crippen LogP contribution is 2.20. The van der Waals surface area contributed by atoms with Crippen molar-refractivity contribution in [2.75, 3.05) is 13.1 Å². The number of rotatable bonds is 3. The Morgan fingerprint density at radius 2 is 1.95 bits per heavy atom. The van der Waals surface area contributed by atoms with Crippen molar-refractivity contribution in [3.05, 3.63) is 24.5 Å². The average Bonchev–Trinajstić information content (AvgIpc) is 2.95. The third kappa shape index (κ3) is 3.32. The monoisotopic (exact) mass is 289 g/mol. The molecule has 0 saturated carbocycles. The second-order valence-corrected chi connectivity index (χ2v) is 5.48. The standard InChI is InChI=1S/C15H19N3O3/c19-14-2-1-13(17-14)15(20)18-9-5-12(6-10-18)21-11-3-7-16-8-4-11/h3-4,7-8,12-13H,1-2,5-6,9-10H2,(H,17,19). The molecule has 112 valence electrons. The van der Waals surface area contributed by atoms with Crippen LogP contribution in [0.5, 0.6) is 5.75 Å². The van der Waals surface area contributed by atoms with E-state index in [1.54, 1.807) is 12.4 Å². The highest BCUT2D eigenvalue weighted by molar-refractivity contribution is 5.90. The molecule has 0 aliphatic carbocycles. The number of hydrogen-bond donors (Lipinski definition) is 1. The first kappa shape index (κ1) is 13.9. The van der Waals surface area contributed by atoms with Crippen molar-refractivity contribution in [1.82, 2.24) is 15.2 Å². The summed E-state index contributed by atoms with van der Waals surface area (Å²) >= 11 is 0. The minimum atomic E-state index is -0.324. The van der Waals surface area contributed by atoms with E-state index in [1.165, 1.54) is 0 Å². The van der Waals surface area contributed by atoms with E-state index in [4.69, 9.17) is 4.74 Å². The lowest BCUT2D eigenvalue weighted by molar-refractivity contribution is -0.136. The third-order valence-electron chi connectivity index (χ3n) is 4.00. The highest BCUT2D eigenvalue weighted by atomic mass is 16.5. The molecule has 6 heteroatoms. The molecule has 2 aliphatic heterocycles. The summed E-state index contributed by atoms with van der Waals surface area (Å²) in [6.45, 7) is 1.36. The van der Waals surface area contributed by atoms with Crippen LogP contribution in [0.4, 0.5) is 0 Å². The first-order chi connectivity index (χ1) is 10.2. The lowest BCUT2D eigenvalue weighted by Gasteiger charge is -2.33. The normalized spacial score (nSPS) is 23.0. The van der Waals surface area contributed by atoms with Crippen molar-refractivity contribution >= 4 is 11.8 Å². The van der Waals surface area contributed by atoms with Crippen molar-refractivity contribution < 1.29 is 14.3 Å². The summed E-state index contributed by atoms with van der Waals surface area (Å²) in [7, 11) is 0. The predicted molar refractivity (Wildman–Crippen MR) is 75.6 cm³/mol. The van der Waals surface area contributed by atoms with Gasteiger partial charge in [0, 0.05) is 44.7 Å². The Morgan fingerprint density at radius 1 is 1.24 bits per heavy atom. The number of carbonyl (C=O) groups excluding carboxylic acids is 2. The summed E-state index contributed by atoms with van der Waals surface area (Å²) in [5.41, 5.74) is 0. The zero-order valence-corrected chi connectivity index (χ0v) is 11.8. The summed E-state index contributed by atoms with van der Waals surface area (Å²) in [6, 6.07) is 3.35. The second-order valence-electron chi connectivity index (χ2n) is 5.48. The Labute approximate surface area is 123 Å². The zero-order valence-electron chi connectivity index (χ0n) is 11.8. The van der Waals surface area contributed by atoms with Gasteiger partial charge in [-0.3, -0.25) is 14.6 Å². The summed E-state index contributed by atoms with van der Waals surface area (Å²) in [4.78, 5) is 29.3. The number of nitrogens with one attached hydrogen (secondary N) is 1. The van der Waals surface area contributed by atoms with Crippen LogP contribution in [0.15, 0.2) is 24.5 Å². The van der Waals surface area contributed by atoms with Crippen LogP contribution in [0.1, 0.15) is 25.7 Å². The maximum absolute atomic E-state index is 12.3. The fraction of sp³-hybridized carbons (Fsp3) is 0.533. The summed E-state index contributed by atoms with van der Waals surface area (Å²) in [6.07, 6.45) is 6.25.